The van der Waals surface area contributed by atoms with Crippen LogP contribution in [0.4, 0.5) is 5.69 Å². The molecule has 1 saturated heterocycles. The van der Waals surface area contributed by atoms with Crippen molar-refractivity contribution in [3.05, 3.63) is 131 Å². The number of aliphatic hydroxyl groups is 2. The number of ether oxygens (including phenoxy) is 2. The van der Waals surface area contributed by atoms with Gasteiger partial charge in [0.25, 0.3) is 10.0 Å². The summed E-state index contributed by atoms with van der Waals surface area (Å²) in [6.45, 7) is 4.56. The third kappa shape index (κ3) is 7.38. The lowest BCUT2D eigenvalue weighted by atomic mass is 9.89. The molecule has 1 heterocycles. The first-order chi connectivity index (χ1) is 21.2. The molecular formula is C35H40N2O6S. The molecule has 8 nitrogen and oxygen atoms in total. The quantitative estimate of drug-likeness (QED) is 0.195. The zero-order valence-corrected chi connectivity index (χ0v) is 26.0. The standard InChI is InChI=1S/C35H40N2O6S/c1-24-32(22-37(3)25(2)33(39)27-11-6-4-7-12-27)42-35(43-34(24)28-19-17-26(23-38)18-20-28)29-13-10-14-30(21-29)36-44(40,41)31-15-8-5-9-16-31/h4-21,24-25,32-36,38-39H,22-23H2,1-3H3. The van der Waals surface area contributed by atoms with Crippen LogP contribution in [-0.2, 0) is 26.1 Å². The minimum absolute atomic E-state index is 0.0478. The van der Waals surface area contributed by atoms with Gasteiger partial charge in [-0.05, 0) is 54.9 Å². The SMILES string of the molecule is CC1C(CN(C)C(C)C(O)c2ccccc2)OC(c2cccc(NS(=O)(=O)c3ccccc3)c2)OC1c1ccc(CO)cc1. The summed E-state index contributed by atoms with van der Waals surface area (Å²) in [5.41, 5.74) is 3.68. The highest BCUT2D eigenvalue weighted by molar-refractivity contribution is 7.92. The Bertz CT molecular complexity index is 1600. The molecule has 0 bridgehead atoms. The number of hydrogen-bond acceptors (Lipinski definition) is 7. The highest BCUT2D eigenvalue weighted by Gasteiger charge is 2.39. The van der Waals surface area contributed by atoms with E-state index in [-0.39, 0.29) is 35.7 Å². The van der Waals surface area contributed by atoms with E-state index in [4.69, 9.17) is 9.47 Å². The minimum Gasteiger partial charge on any atom is -0.392 e. The van der Waals surface area contributed by atoms with Crippen LogP contribution in [0.2, 0.25) is 0 Å². The Morgan fingerprint density at radius 1 is 0.864 bits per heavy atom. The van der Waals surface area contributed by atoms with Crippen LogP contribution in [-0.4, -0.2) is 49.3 Å². The van der Waals surface area contributed by atoms with Gasteiger partial charge in [-0.2, -0.15) is 0 Å². The molecule has 0 aliphatic carbocycles. The minimum atomic E-state index is -3.78. The average Bonchev–Trinajstić information content (AvgIpc) is 3.05. The summed E-state index contributed by atoms with van der Waals surface area (Å²) in [7, 11) is -1.81. The summed E-state index contributed by atoms with van der Waals surface area (Å²) in [4.78, 5) is 2.27. The first-order valence-electron chi connectivity index (χ1n) is 14.8. The maximum atomic E-state index is 13.0. The van der Waals surface area contributed by atoms with Crippen LogP contribution in [0, 0.1) is 5.92 Å². The fourth-order valence-electron chi connectivity index (χ4n) is 5.51. The summed E-state index contributed by atoms with van der Waals surface area (Å²) >= 11 is 0. The summed E-state index contributed by atoms with van der Waals surface area (Å²) in [5.74, 6) is -0.0606. The van der Waals surface area contributed by atoms with E-state index in [1.165, 1.54) is 0 Å². The van der Waals surface area contributed by atoms with Crippen LogP contribution in [0.15, 0.2) is 114 Å². The van der Waals surface area contributed by atoms with Crippen molar-refractivity contribution in [3.63, 3.8) is 0 Å². The molecule has 44 heavy (non-hydrogen) atoms. The van der Waals surface area contributed by atoms with E-state index in [1.807, 2.05) is 74.6 Å². The van der Waals surface area contributed by atoms with Crippen LogP contribution in [0.1, 0.15) is 54.6 Å². The predicted octanol–water partition coefficient (Wildman–Crippen LogP) is 5.83. The summed E-state index contributed by atoms with van der Waals surface area (Å²) in [6.07, 6.45) is -2.07. The molecule has 1 aliphatic heterocycles. The molecule has 1 fully saturated rings. The number of sulfonamides is 1. The molecule has 4 aromatic carbocycles. The Labute approximate surface area is 259 Å². The predicted molar refractivity (Wildman–Crippen MR) is 170 cm³/mol. The maximum absolute atomic E-state index is 13.0. The molecule has 0 spiro atoms. The molecule has 0 aromatic heterocycles. The third-order valence-corrected chi connectivity index (χ3v) is 9.75. The van der Waals surface area contributed by atoms with E-state index in [9.17, 15) is 18.6 Å². The molecule has 1 aliphatic rings. The summed E-state index contributed by atoms with van der Waals surface area (Å²) in [6, 6.07) is 32.4. The van der Waals surface area contributed by atoms with Crippen molar-refractivity contribution >= 4 is 15.7 Å². The Morgan fingerprint density at radius 2 is 1.52 bits per heavy atom. The summed E-state index contributed by atoms with van der Waals surface area (Å²) in [5, 5.41) is 20.6. The van der Waals surface area contributed by atoms with Gasteiger partial charge >= 0.3 is 0 Å². The van der Waals surface area contributed by atoms with Gasteiger partial charge in [0.15, 0.2) is 6.29 Å². The number of hydrogen-bond donors (Lipinski definition) is 3. The van der Waals surface area contributed by atoms with Gasteiger partial charge in [0, 0.05) is 29.8 Å². The van der Waals surface area contributed by atoms with Crippen LogP contribution in [0.5, 0.6) is 0 Å². The zero-order valence-electron chi connectivity index (χ0n) is 25.2. The van der Waals surface area contributed by atoms with Crippen LogP contribution < -0.4 is 4.72 Å². The number of benzene rings is 4. The van der Waals surface area contributed by atoms with Crippen molar-refractivity contribution in [2.24, 2.45) is 5.92 Å². The van der Waals surface area contributed by atoms with Crippen LogP contribution in [0.3, 0.4) is 0 Å². The lowest BCUT2D eigenvalue weighted by Gasteiger charge is -2.43. The highest BCUT2D eigenvalue weighted by atomic mass is 32.2. The van der Waals surface area contributed by atoms with E-state index >= 15 is 0 Å². The molecule has 5 rings (SSSR count). The summed E-state index contributed by atoms with van der Waals surface area (Å²) < 4.78 is 41.8. The lowest BCUT2D eigenvalue weighted by molar-refractivity contribution is -0.276. The molecule has 6 atom stereocenters. The lowest BCUT2D eigenvalue weighted by Crippen LogP contribution is -2.46. The Balaban J connectivity index is 1.40. The second kappa shape index (κ2) is 14.0. The molecule has 0 saturated carbocycles. The Hall–Kier alpha value is -3.57. The normalized spacial score (nSPS) is 22.0. The van der Waals surface area contributed by atoms with E-state index < -0.39 is 22.4 Å². The molecule has 232 valence electrons. The van der Waals surface area contributed by atoms with Crippen LogP contribution >= 0.6 is 0 Å². The fourth-order valence-corrected chi connectivity index (χ4v) is 6.58. The van der Waals surface area contributed by atoms with Crippen molar-refractivity contribution in [2.75, 3.05) is 18.3 Å². The van der Waals surface area contributed by atoms with Gasteiger partial charge in [-0.25, -0.2) is 8.42 Å². The van der Waals surface area contributed by atoms with Gasteiger partial charge in [-0.15, -0.1) is 0 Å². The largest absolute Gasteiger partial charge is 0.392 e. The average molecular weight is 617 g/mol. The van der Waals surface area contributed by atoms with Crippen molar-refractivity contribution in [3.8, 4) is 0 Å². The van der Waals surface area contributed by atoms with Crippen molar-refractivity contribution < 1.29 is 28.1 Å². The van der Waals surface area contributed by atoms with E-state index in [2.05, 4.69) is 16.5 Å². The zero-order chi connectivity index (χ0) is 31.3. The molecule has 0 radical (unpaired) electrons. The molecule has 4 aromatic rings. The van der Waals surface area contributed by atoms with Crippen molar-refractivity contribution in [2.45, 2.75) is 56.0 Å². The van der Waals surface area contributed by atoms with E-state index in [1.54, 1.807) is 48.5 Å². The highest BCUT2D eigenvalue weighted by Crippen LogP contribution is 2.42. The monoisotopic (exact) mass is 616 g/mol. The van der Waals surface area contributed by atoms with E-state index in [0.29, 0.717) is 17.8 Å². The number of nitrogens with zero attached hydrogens (tertiary/aromatic N) is 1. The van der Waals surface area contributed by atoms with E-state index in [0.717, 1.165) is 16.7 Å². The van der Waals surface area contributed by atoms with Crippen LogP contribution in [0.25, 0.3) is 0 Å². The van der Waals surface area contributed by atoms with Crippen molar-refractivity contribution in [1.29, 1.82) is 0 Å². The second-order valence-corrected chi connectivity index (χ2v) is 13.1. The van der Waals surface area contributed by atoms with Gasteiger partial charge in [0.05, 0.1) is 29.8 Å². The Kier molecular flexibility index (Phi) is 10.2. The number of aliphatic hydroxyl groups excluding tert-OH is 2. The molecule has 9 heteroatoms. The van der Waals surface area contributed by atoms with Gasteiger partial charge < -0.3 is 19.7 Å². The maximum Gasteiger partial charge on any atom is 0.261 e. The molecular weight excluding hydrogens is 576 g/mol. The van der Waals surface area contributed by atoms with Gasteiger partial charge in [0.1, 0.15) is 0 Å². The van der Waals surface area contributed by atoms with Gasteiger partial charge in [-0.1, -0.05) is 91.9 Å². The first-order valence-corrected chi connectivity index (χ1v) is 16.3. The van der Waals surface area contributed by atoms with Gasteiger partial charge in [0.2, 0.25) is 0 Å². The molecule has 3 N–H and O–H groups in total. The molecule has 6 unspecified atom stereocenters. The second-order valence-electron chi connectivity index (χ2n) is 11.4. The number of likely N-dealkylation sites (N-methyl/N-ethyl adjacent to an activating group) is 1. The topological polar surface area (TPSA) is 108 Å². The number of anilines is 1. The number of rotatable bonds is 11. The number of nitrogens with one attached hydrogen (secondary N) is 1. The van der Waals surface area contributed by atoms with Gasteiger partial charge in [-0.3, -0.25) is 9.62 Å². The fraction of sp³-hybridized carbons (Fsp3) is 0.314. The Morgan fingerprint density at radius 3 is 2.18 bits per heavy atom. The first kappa shape index (κ1) is 31.8. The third-order valence-electron chi connectivity index (χ3n) is 8.35. The van der Waals surface area contributed by atoms with Crippen molar-refractivity contribution in [1.82, 2.24) is 4.90 Å². The smallest absolute Gasteiger partial charge is 0.261 e. The molecule has 0 amide bonds.